The summed E-state index contributed by atoms with van der Waals surface area (Å²) in [5.74, 6) is 5.28. The molecule has 0 saturated heterocycles. The molecule has 86 valence electrons. The van der Waals surface area contributed by atoms with Gasteiger partial charge >= 0.3 is 0 Å². The lowest BCUT2D eigenvalue weighted by molar-refractivity contribution is -0.131. The first kappa shape index (κ1) is 11.1. The quantitative estimate of drug-likeness (QED) is 0.465. The van der Waals surface area contributed by atoms with Crippen LogP contribution in [-0.2, 0) is 17.6 Å². The van der Waals surface area contributed by atoms with E-state index in [1.54, 1.807) is 7.05 Å². The molecule has 0 aliphatic heterocycles. The van der Waals surface area contributed by atoms with Crippen LogP contribution in [0, 0.1) is 0 Å². The van der Waals surface area contributed by atoms with Gasteiger partial charge in [0.25, 0.3) is 0 Å². The van der Waals surface area contributed by atoms with E-state index in [4.69, 9.17) is 5.84 Å². The Labute approximate surface area is 96.2 Å². The Kier molecular flexibility index (Phi) is 2.97. The maximum atomic E-state index is 11.7. The summed E-state index contributed by atoms with van der Waals surface area (Å²) in [7, 11) is 1.59. The zero-order valence-corrected chi connectivity index (χ0v) is 9.86. The number of carbonyl (C=O) groups is 1. The van der Waals surface area contributed by atoms with E-state index in [9.17, 15) is 4.79 Å². The summed E-state index contributed by atoms with van der Waals surface area (Å²) in [5.41, 5.74) is 3.91. The predicted octanol–water partition coefficient (Wildman–Crippen LogP) is 1.61. The monoisotopic (exact) mass is 218 g/mol. The Balaban J connectivity index is 2.24. The van der Waals surface area contributed by atoms with Gasteiger partial charge in [-0.25, -0.2) is 5.84 Å². The number of fused-ring (bicyclic) bond motifs is 1. The number of nitrogens with two attached hydrogens (primary N) is 1. The van der Waals surface area contributed by atoms with Crippen LogP contribution in [0.15, 0.2) is 18.2 Å². The lowest BCUT2D eigenvalue weighted by Crippen LogP contribution is -2.36. The summed E-state index contributed by atoms with van der Waals surface area (Å²) < 4.78 is 0. The Morgan fingerprint density at radius 3 is 2.75 bits per heavy atom. The summed E-state index contributed by atoms with van der Waals surface area (Å²) in [6.45, 7) is 1.91. The largest absolute Gasteiger partial charge is 0.283 e. The van der Waals surface area contributed by atoms with Crippen LogP contribution in [0.25, 0.3) is 0 Å². The summed E-state index contributed by atoms with van der Waals surface area (Å²) in [4.78, 5) is 11.7. The van der Waals surface area contributed by atoms with Crippen molar-refractivity contribution in [3.8, 4) is 0 Å². The molecular weight excluding hydrogens is 200 g/mol. The Morgan fingerprint density at radius 1 is 1.38 bits per heavy atom. The van der Waals surface area contributed by atoms with Crippen molar-refractivity contribution in [2.45, 2.75) is 32.1 Å². The molecule has 1 unspecified atom stereocenters. The number of rotatable bonds is 2. The number of likely N-dealkylation sites (N-methyl/N-ethyl adjacent to an activating group) is 1. The molecule has 0 radical (unpaired) electrons. The van der Waals surface area contributed by atoms with Gasteiger partial charge in [-0.15, -0.1) is 0 Å². The zero-order chi connectivity index (χ0) is 11.7. The van der Waals surface area contributed by atoms with Crippen molar-refractivity contribution in [1.82, 2.24) is 5.01 Å². The van der Waals surface area contributed by atoms with Crippen LogP contribution in [0.1, 0.15) is 36.0 Å². The number of hydrazine groups is 1. The molecule has 1 aromatic carbocycles. The van der Waals surface area contributed by atoms with Crippen molar-refractivity contribution in [1.29, 1.82) is 0 Å². The second-order valence-corrected chi connectivity index (χ2v) is 4.55. The summed E-state index contributed by atoms with van der Waals surface area (Å²) in [6, 6.07) is 6.36. The highest BCUT2D eigenvalue weighted by molar-refractivity contribution is 5.82. The number of carbonyl (C=O) groups excluding carboxylic acids is 1. The SMILES string of the molecule is CC(C(=O)N(C)N)c1ccc2c(c1)CCC2. The van der Waals surface area contributed by atoms with Crippen LogP contribution >= 0.6 is 0 Å². The third kappa shape index (κ3) is 1.95. The molecule has 3 heteroatoms. The van der Waals surface area contributed by atoms with E-state index in [1.165, 1.54) is 24.0 Å². The third-order valence-electron chi connectivity index (χ3n) is 3.34. The number of aryl methyl sites for hydroxylation is 2. The maximum absolute atomic E-state index is 11.7. The van der Waals surface area contributed by atoms with E-state index < -0.39 is 0 Å². The van der Waals surface area contributed by atoms with E-state index in [0.29, 0.717) is 0 Å². The van der Waals surface area contributed by atoms with Crippen LogP contribution in [-0.4, -0.2) is 18.0 Å². The molecule has 1 atom stereocenters. The third-order valence-corrected chi connectivity index (χ3v) is 3.34. The van der Waals surface area contributed by atoms with Gasteiger partial charge in [-0.05, 0) is 42.9 Å². The minimum atomic E-state index is -0.152. The van der Waals surface area contributed by atoms with Gasteiger partial charge in [0, 0.05) is 7.05 Å². The molecule has 0 aromatic heterocycles. The minimum Gasteiger partial charge on any atom is -0.283 e. The first-order valence-electron chi connectivity index (χ1n) is 5.73. The number of hydrogen-bond donors (Lipinski definition) is 1. The molecule has 1 amide bonds. The average molecular weight is 218 g/mol. The predicted molar refractivity (Wildman–Crippen MR) is 63.8 cm³/mol. The summed E-state index contributed by atoms with van der Waals surface area (Å²) in [5, 5.41) is 1.16. The maximum Gasteiger partial charge on any atom is 0.243 e. The molecular formula is C13H18N2O. The molecule has 1 aliphatic carbocycles. The van der Waals surface area contributed by atoms with Gasteiger partial charge in [0.05, 0.1) is 5.92 Å². The summed E-state index contributed by atoms with van der Waals surface area (Å²) in [6.07, 6.45) is 3.55. The fraction of sp³-hybridized carbons (Fsp3) is 0.462. The van der Waals surface area contributed by atoms with Gasteiger partial charge in [0.2, 0.25) is 5.91 Å². The van der Waals surface area contributed by atoms with Gasteiger partial charge in [-0.3, -0.25) is 9.80 Å². The van der Waals surface area contributed by atoms with E-state index in [0.717, 1.165) is 17.0 Å². The van der Waals surface area contributed by atoms with Crippen molar-refractivity contribution in [2.24, 2.45) is 5.84 Å². The van der Waals surface area contributed by atoms with E-state index in [-0.39, 0.29) is 11.8 Å². The van der Waals surface area contributed by atoms with Crippen LogP contribution in [0.4, 0.5) is 0 Å². The highest BCUT2D eigenvalue weighted by atomic mass is 16.2. The van der Waals surface area contributed by atoms with Crippen LogP contribution in [0.5, 0.6) is 0 Å². The van der Waals surface area contributed by atoms with E-state index in [1.807, 2.05) is 6.92 Å². The first-order chi connectivity index (χ1) is 7.59. The molecule has 0 heterocycles. The Hall–Kier alpha value is -1.35. The first-order valence-corrected chi connectivity index (χ1v) is 5.73. The Morgan fingerprint density at radius 2 is 2.06 bits per heavy atom. The van der Waals surface area contributed by atoms with Gasteiger partial charge in [-0.2, -0.15) is 0 Å². The van der Waals surface area contributed by atoms with Gasteiger partial charge in [0.1, 0.15) is 0 Å². The van der Waals surface area contributed by atoms with Gasteiger partial charge in [-0.1, -0.05) is 18.2 Å². The molecule has 1 aromatic rings. The number of hydrogen-bond acceptors (Lipinski definition) is 2. The fourth-order valence-electron chi connectivity index (χ4n) is 2.31. The highest BCUT2D eigenvalue weighted by Crippen LogP contribution is 2.26. The Bertz CT molecular complexity index is 412. The zero-order valence-electron chi connectivity index (χ0n) is 9.86. The second kappa shape index (κ2) is 4.26. The molecule has 0 spiro atoms. The van der Waals surface area contributed by atoms with Crippen LogP contribution in [0.2, 0.25) is 0 Å². The molecule has 0 fully saturated rings. The van der Waals surface area contributed by atoms with Crippen molar-refractivity contribution >= 4 is 5.91 Å². The molecule has 16 heavy (non-hydrogen) atoms. The number of amides is 1. The molecule has 0 saturated carbocycles. The highest BCUT2D eigenvalue weighted by Gasteiger charge is 2.19. The molecule has 3 nitrogen and oxygen atoms in total. The fourth-order valence-corrected chi connectivity index (χ4v) is 2.31. The lowest BCUT2D eigenvalue weighted by Gasteiger charge is -2.17. The molecule has 0 bridgehead atoms. The average Bonchev–Trinajstić information content (AvgIpc) is 2.73. The lowest BCUT2D eigenvalue weighted by atomic mass is 9.96. The minimum absolute atomic E-state index is 0.0436. The standard InChI is InChI=1S/C13H18N2O/c1-9(13(16)15(2)14)11-7-6-10-4-3-5-12(10)8-11/h6-9H,3-5,14H2,1-2H3. The van der Waals surface area contributed by atoms with E-state index >= 15 is 0 Å². The van der Waals surface area contributed by atoms with Crippen molar-refractivity contribution in [3.05, 3.63) is 34.9 Å². The van der Waals surface area contributed by atoms with E-state index in [2.05, 4.69) is 18.2 Å². The second-order valence-electron chi connectivity index (χ2n) is 4.55. The van der Waals surface area contributed by atoms with Crippen molar-refractivity contribution in [3.63, 3.8) is 0 Å². The smallest absolute Gasteiger partial charge is 0.243 e. The van der Waals surface area contributed by atoms with Crippen molar-refractivity contribution < 1.29 is 4.79 Å². The molecule has 2 N–H and O–H groups in total. The van der Waals surface area contributed by atoms with Crippen molar-refractivity contribution in [2.75, 3.05) is 7.05 Å². The topological polar surface area (TPSA) is 46.3 Å². The van der Waals surface area contributed by atoms with Gasteiger partial charge < -0.3 is 0 Å². The van der Waals surface area contributed by atoms with Crippen LogP contribution < -0.4 is 5.84 Å². The molecule has 2 rings (SSSR count). The number of nitrogens with zero attached hydrogens (tertiary/aromatic N) is 1. The number of benzene rings is 1. The van der Waals surface area contributed by atoms with Crippen LogP contribution in [0.3, 0.4) is 0 Å². The normalized spacial score (nSPS) is 15.7. The molecule has 1 aliphatic rings. The van der Waals surface area contributed by atoms with Gasteiger partial charge in [0.15, 0.2) is 0 Å². The summed E-state index contributed by atoms with van der Waals surface area (Å²) >= 11 is 0.